The minimum atomic E-state index is -0.116. The van der Waals surface area contributed by atoms with Gasteiger partial charge in [-0.05, 0) is 49.6 Å². The van der Waals surface area contributed by atoms with Gasteiger partial charge in [-0.1, -0.05) is 6.92 Å². The monoisotopic (exact) mass is 286 g/mol. The highest BCUT2D eigenvalue weighted by Crippen LogP contribution is 2.20. The fourth-order valence-electron chi connectivity index (χ4n) is 2.62. The van der Waals surface area contributed by atoms with Crippen molar-refractivity contribution in [2.75, 3.05) is 11.9 Å². The Hall–Kier alpha value is -2.21. The van der Waals surface area contributed by atoms with E-state index in [1.54, 1.807) is 0 Å². The number of anilines is 1. The van der Waals surface area contributed by atoms with Crippen LogP contribution in [0.5, 0.6) is 0 Å². The Balaban J connectivity index is 1.66. The number of carbonyl (C=O) groups is 1. The summed E-state index contributed by atoms with van der Waals surface area (Å²) in [4.78, 5) is 12.3. The second-order valence-electron chi connectivity index (χ2n) is 5.36. The molecule has 1 aromatic carbocycles. The highest BCUT2D eigenvalue weighted by atomic mass is 16.4. The van der Waals surface area contributed by atoms with E-state index in [-0.39, 0.29) is 11.9 Å². The smallest absolute Gasteiger partial charge is 0.247 e. The van der Waals surface area contributed by atoms with Gasteiger partial charge in [-0.15, -0.1) is 10.2 Å². The van der Waals surface area contributed by atoms with Crippen LogP contribution in [0.4, 0.5) is 5.69 Å². The van der Waals surface area contributed by atoms with Gasteiger partial charge in [0.15, 0.2) is 0 Å². The van der Waals surface area contributed by atoms with Crippen LogP contribution in [-0.4, -0.2) is 28.7 Å². The predicted octanol–water partition coefficient (Wildman–Crippen LogP) is 2.06. The van der Waals surface area contributed by atoms with Crippen molar-refractivity contribution in [1.82, 2.24) is 15.5 Å². The number of aromatic nitrogens is 2. The van der Waals surface area contributed by atoms with Crippen molar-refractivity contribution in [3.05, 3.63) is 30.7 Å². The molecule has 110 valence electrons. The molecule has 2 atom stereocenters. The van der Waals surface area contributed by atoms with Crippen molar-refractivity contribution in [2.24, 2.45) is 5.92 Å². The topological polar surface area (TPSA) is 80.0 Å². The molecule has 1 aliphatic rings. The zero-order valence-electron chi connectivity index (χ0n) is 11.9. The molecule has 2 N–H and O–H groups in total. The lowest BCUT2D eigenvalue weighted by atomic mass is 9.92. The molecular weight excluding hydrogens is 268 g/mol. The molecule has 1 saturated heterocycles. The second kappa shape index (κ2) is 6.05. The Kier molecular flexibility index (Phi) is 3.96. The molecule has 6 nitrogen and oxygen atoms in total. The van der Waals surface area contributed by atoms with Crippen molar-refractivity contribution in [3.8, 4) is 11.5 Å². The van der Waals surface area contributed by atoms with Crippen molar-refractivity contribution in [1.29, 1.82) is 0 Å². The average Bonchev–Trinajstić information content (AvgIpc) is 3.02. The van der Waals surface area contributed by atoms with Crippen LogP contribution in [0, 0.1) is 5.92 Å². The number of hydrogen-bond donors (Lipinski definition) is 2. The van der Waals surface area contributed by atoms with E-state index >= 15 is 0 Å². The Morgan fingerprint density at radius 3 is 2.86 bits per heavy atom. The molecule has 0 aliphatic carbocycles. The van der Waals surface area contributed by atoms with Crippen molar-refractivity contribution >= 4 is 11.6 Å². The van der Waals surface area contributed by atoms with Crippen LogP contribution in [0.2, 0.25) is 0 Å². The first-order valence-corrected chi connectivity index (χ1v) is 7.15. The Labute approximate surface area is 123 Å². The van der Waals surface area contributed by atoms with E-state index in [9.17, 15) is 4.79 Å². The zero-order chi connectivity index (χ0) is 14.7. The number of benzene rings is 1. The first kappa shape index (κ1) is 13.8. The lowest BCUT2D eigenvalue weighted by Crippen LogP contribution is -2.48. The maximum atomic E-state index is 12.3. The number of carbonyl (C=O) groups excluding carboxylic acids is 1. The van der Waals surface area contributed by atoms with Crippen LogP contribution in [0.1, 0.15) is 19.8 Å². The SMILES string of the molecule is CC1CCCNC1C(=O)Nc1ccc(-c2nnco2)cc1. The predicted molar refractivity (Wildman–Crippen MR) is 78.6 cm³/mol. The van der Waals surface area contributed by atoms with E-state index in [2.05, 4.69) is 27.8 Å². The van der Waals surface area contributed by atoms with Crippen LogP contribution in [0.25, 0.3) is 11.5 Å². The van der Waals surface area contributed by atoms with Crippen LogP contribution in [0.15, 0.2) is 35.1 Å². The highest BCUT2D eigenvalue weighted by molar-refractivity contribution is 5.95. The van der Waals surface area contributed by atoms with Gasteiger partial charge >= 0.3 is 0 Å². The van der Waals surface area contributed by atoms with Gasteiger partial charge < -0.3 is 15.1 Å². The van der Waals surface area contributed by atoms with E-state index in [0.29, 0.717) is 11.8 Å². The third-order valence-electron chi connectivity index (χ3n) is 3.81. The van der Waals surface area contributed by atoms with Crippen molar-refractivity contribution in [3.63, 3.8) is 0 Å². The first-order valence-electron chi connectivity index (χ1n) is 7.15. The molecule has 1 aliphatic heterocycles. The van der Waals surface area contributed by atoms with E-state index in [1.807, 2.05) is 24.3 Å². The zero-order valence-corrected chi connectivity index (χ0v) is 11.9. The molecular formula is C15H18N4O2. The van der Waals surface area contributed by atoms with Gasteiger partial charge in [0, 0.05) is 11.3 Å². The number of hydrogen-bond acceptors (Lipinski definition) is 5. The van der Waals surface area contributed by atoms with Gasteiger partial charge in [0.25, 0.3) is 0 Å². The molecule has 2 heterocycles. The van der Waals surface area contributed by atoms with Gasteiger partial charge in [-0.25, -0.2) is 0 Å². The molecule has 0 saturated carbocycles. The summed E-state index contributed by atoms with van der Waals surface area (Å²) in [7, 11) is 0. The molecule has 1 aromatic heterocycles. The van der Waals surface area contributed by atoms with Gasteiger partial charge in [0.05, 0.1) is 6.04 Å². The van der Waals surface area contributed by atoms with Gasteiger partial charge in [-0.2, -0.15) is 0 Å². The van der Waals surface area contributed by atoms with Gasteiger partial charge in [0.2, 0.25) is 18.2 Å². The van der Waals surface area contributed by atoms with Crippen molar-refractivity contribution in [2.45, 2.75) is 25.8 Å². The Morgan fingerprint density at radius 1 is 1.38 bits per heavy atom. The summed E-state index contributed by atoms with van der Waals surface area (Å²) in [6, 6.07) is 7.26. The van der Waals surface area contributed by atoms with E-state index < -0.39 is 0 Å². The Morgan fingerprint density at radius 2 is 2.19 bits per heavy atom. The maximum Gasteiger partial charge on any atom is 0.247 e. The molecule has 3 rings (SSSR count). The molecule has 0 spiro atoms. The summed E-state index contributed by atoms with van der Waals surface area (Å²) in [5, 5.41) is 13.7. The average molecular weight is 286 g/mol. The lowest BCUT2D eigenvalue weighted by Gasteiger charge is -2.28. The fourth-order valence-corrected chi connectivity index (χ4v) is 2.62. The quantitative estimate of drug-likeness (QED) is 0.902. The van der Waals surface area contributed by atoms with Crippen LogP contribution < -0.4 is 10.6 Å². The van der Waals surface area contributed by atoms with E-state index in [4.69, 9.17) is 4.42 Å². The number of nitrogens with zero attached hydrogens (tertiary/aromatic N) is 2. The van der Waals surface area contributed by atoms with Gasteiger partial charge in [-0.3, -0.25) is 4.79 Å². The summed E-state index contributed by atoms with van der Waals surface area (Å²) < 4.78 is 5.13. The highest BCUT2D eigenvalue weighted by Gasteiger charge is 2.27. The number of amides is 1. The summed E-state index contributed by atoms with van der Waals surface area (Å²) in [6.45, 7) is 3.01. The standard InChI is InChI=1S/C15H18N4O2/c1-10-3-2-8-16-13(10)14(20)18-12-6-4-11(5-7-12)15-19-17-9-21-15/h4-7,9-10,13,16H,2-3,8H2,1H3,(H,18,20). The third-order valence-corrected chi connectivity index (χ3v) is 3.81. The normalized spacial score (nSPS) is 22.0. The largest absolute Gasteiger partial charge is 0.423 e. The summed E-state index contributed by atoms with van der Waals surface area (Å²) in [5.41, 5.74) is 1.59. The maximum absolute atomic E-state index is 12.3. The first-order chi connectivity index (χ1) is 10.2. The van der Waals surface area contributed by atoms with Gasteiger partial charge in [0.1, 0.15) is 0 Å². The summed E-state index contributed by atoms with van der Waals surface area (Å²) >= 11 is 0. The van der Waals surface area contributed by atoms with Crippen molar-refractivity contribution < 1.29 is 9.21 Å². The summed E-state index contributed by atoms with van der Waals surface area (Å²) in [5.74, 6) is 0.847. The van der Waals surface area contributed by atoms with E-state index in [0.717, 1.165) is 30.6 Å². The molecule has 1 amide bonds. The fraction of sp³-hybridized carbons (Fsp3) is 0.400. The molecule has 0 radical (unpaired) electrons. The number of rotatable bonds is 3. The van der Waals surface area contributed by atoms with Crippen LogP contribution >= 0.6 is 0 Å². The lowest BCUT2D eigenvalue weighted by molar-refractivity contribution is -0.119. The van der Waals surface area contributed by atoms with Crippen LogP contribution in [-0.2, 0) is 4.79 Å². The molecule has 2 unspecified atom stereocenters. The molecule has 6 heteroatoms. The molecule has 0 bridgehead atoms. The molecule has 2 aromatic rings. The summed E-state index contributed by atoms with van der Waals surface area (Å²) in [6.07, 6.45) is 3.51. The number of nitrogens with one attached hydrogen (secondary N) is 2. The number of piperidine rings is 1. The van der Waals surface area contributed by atoms with Crippen LogP contribution in [0.3, 0.4) is 0 Å². The molecule has 1 fully saturated rings. The molecule has 21 heavy (non-hydrogen) atoms. The minimum Gasteiger partial charge on any atom is -0.423 e. The van der Waals surface area contributed by atoms with E-state index in [1.165, 1.54) is 6.39 Å². The Bertz CT molecular complexity index is 595. The minimum absolute atomic E-state index is 0.0211. The third kappa shape index (κ3) is 3.11. The second-order valence-corrected chi connectivity index (χ2v) is 5.36.